The molecule has 1 aromatic rings. The van der Waals surface area contributed by atoms with Crippen LogP contribution in [-0.4, -0.2) is 5.71 Å². The lowest BCUT2D eigenvalue weighted by Gasteiger charge is -2.11. The summed E-state index contributed by atoms with van der Waals surface area (Å²) in [6.07, 6.45) is 11.4. The van der Waals surface area contributed by atoms with E-state index in [0.29, 0.717) is 17.0 Å². The maximum Gasteiger partial charge on any atom is 0.0701 e. The third-order valence-electron chi connectivity index (χ3n) is 3.67. The number of nitrogens with one attached hydrogen (secondary N) is 1. The maximum atomic E-state index is 8.21. The zero-order valence-electron chi connectivity index (χ0n) is 12.5. The molecule has 1 aromatic carbocycles. The molecule has 0 saturated heterocycles. The molecule has 0 saturated carbocycles. The van der Waals surface area contributed by atoms with Crippen molar-refractivity contribution in [3.05, 3.63) is 83.1 Å². The van der Waals surface area contributed by atoms with Crippen molar-refractivity contribution in [2.24, 2.45) is 5.73 Å². The molecule has 0 atom stereocenters. The molecule has 2 heteroatoms. The van der Waals surface area contributed by atoms with Crippen molar-refractivity contribution in [2.45, 2.75) is 26.2 Å². The molecule has 0 radical (unpaired) electrons. The predicted octanol–water partition coefficient (Wildman–Crippen LogP) is 4.29. The lowest BCUT2D eigenvalue weighted by Crippen LogP contribution is -2.08. The molecule has 3 N–H and O–H groups in total. The van der Waals surface area contributed by atoms with Gasteiger partial charge in [-0.15, -0.1) is 0 Å². The second-order valence-electron chi connectivity index (χ2n) is 5.34. The van der Waals surface area contributed by atoms with Gasteiger partial charge in [0.05, 0.1) is 5.71 Å². The Hall–Kier alpha value is -2.35. The maximum absolute atomic E-state index is 8.21. The van der Waals surface area contributed by atoms with E-state index in [9.17, 15) is 0 Å². The fraction of sp³-hybridized carbons (Fsp3) is 0.211. The molecule has 1 aliphatic rings. The molecule has 0 unspecified atom stereocenters. The quantitative estimate of drug-likeness (QED) is 0.612. The Bertz CT molecular complexity index is 624. The monoisotopic (exact) mass is 278 g/mol. The minimum absolute atomic E-state index is 0.427. The lowest BCUT2D eigenvalue weighted by molar-refractivity contribution is 0.911. The highest BCUT2D eigenvalue weighted by molar-refractivity contribution is 6.12. The number of rotatable bonds is 5. The van der Waals surface area contributed by atoms with Crippen LogP contribution in [0.5, 0.6) is 0 Å². The highest BCUT2D eigenvalue weighted by Gasteiger charge is 2.08. The number of allylic oxidation sites excluding steroid dienone is 7. The van der Waals surface area contributed by atoms with E-state index in [1.165, 1.54) is 11.1 Å². The van der Waals surface area contributed by atoms with Crippen LogP contribution in [0.4, 0.5) is 0 Å². The van der Waals surface area contributed by atoms with Gasteiger partial charge in [0.2, 0.25) is 0 Å². The molecule has 2 rings (SSSR count). The summed E-state index contributed by atoms with van der Waals surface area (Å²) in [5.41, 5.74) is 11.2. The molecular formula is C19H22N2. The van der Waals surface area contributed by atoms with E-state index in [0.717, 1.165) is 24.8 Å². The highest BCUT2D eigenvalue weighted by Crippen LogP contribution is 2.19. The van der Waals surface area contributed by atoms with E-state index in [1.54, 1.807) is 13.0 Å². The molecule has 21 heavy (non-hydrogen) atoms. The van der Waals surface area contributed by atoms with Crippen LogP contribution >= 0.6 is 0 Å². The van der Waals surface area contributed by atoms with Gasteiger partial charge in [-0.2, -0.15) is 0 Å². The van der Waals surface area contributed by atoms with Gasteiger partial charge in [-0.3, -0.25) is 5.41 Å². The van der Waals surface area contributed by atoms with Gasteiger partial charge in [0, 0.05) is 16.8 Å². The summed E-state index contributed by atoms with van der Waals surface area (Å²) >= 11 is 0. The molecule has 1 aliphatic carbocycles. The van der Waals surface area contributed by atoms with Crippen molar-refractivity contribution in [1.82, 2.24) is 0 Å². The van der Waals surface area contributed by atoms with E-state index < -0.39 is 0 Å². The lowest BCUT2D eigenvalue weighted by atomic mass is 9.95. The van der Waals surface area contributed by atoms with Gasteiger partial charge in [-0.05, 0) is 31.7 Å². The Morgan fingerprint density at radius 1 is 1.33 bits per heavy atom. The van der Waals surface area contributed by atoms with Gasteiger partial charge in [-0.1, -0.05) is 60.7 Å². The van der Waals surface area contributed by atoms with E-state index in [-0.39, 0.29) is 0 Å². The van der Waals surface area contributed by atoms with Crippen molar-refractivity contribution in [3.8, 4) is 0 Å². The second kappa shape index (κ2) is 6.89. The summed E-state index contributed by atoms with van der Waals surface area (Å²) < 4.78 is 0. The largest absolute Gasteiger partial charge is 0.402 e. The van der Waals surface area contributed by atoms with Crippen LogP contribution in [0.25, 0.3) is 0 Å². The first kappa shape index (κ1) is 15.0. The first-order chi connectivity index (χ1) is 10.1. The molecule has 0 heterocycles. The van der Waals surface area contributed by atoms with Crippen molar-refractivity contribution in [3.63, 3.8) is 0 Å². The van der Waals surface area contributed by atoms with Crippen molar-refractivity contribution in [1.29, 1.82) is 5.41 Å². The Morgan fingerprint density at radius 3 is 2.57 bits per heavy atom. The number of nitrogens with two attached hydrogens (primary N) is 1. The zero-order chi connectivity index (χ0) is 15.2. The minimum atomic E-state index is 0.427. The van der Waals surface area contributed by atoms with Gasteiger partial charge < -0.3 is 5.73 Å². The smallest absolute Gasteiger partial charge is 0.0701 e. The molecule has 0 spiro atoms. The van der Waals surface area contributed by atoms with Crippen LogP contribution in [0.3, 0.4) is 0 Å². The van der Waals surface area contributed by atoms with Gasteiger partial charge in [0.1, 0.15) is 0 Å². The third-order valence-corrected chi connectivity index (χ3v) is 3.67. The van der Waals surface area contributed by atoms with Crippen LogP contribution in [0.1, 0.15) is 30.9 Å². The molecule has 0 amide bonds. The minimum Gasteiger partial charge on any atom is -0.402 e. The fourth-order valence-electron chi connectivity index (χ4n) is 2.47. The molecule has 0 bridgehead atoms. The Kier molecular flexibility index (Phi) is 4.94. The summed E-state index contributed by atoms with van der Waals surface area (Å²) in [6, 6.07) is 8.16. The average molecular weight is 278 g/mol. The summed E-state index contributed by atoms with van der Waals surface area (Å²) in [5, 5.41) is 8.21. The Morgan fingerprint density at radius 2 is 2.05 bits per heavy atom. The predicted molar refractivity (Wildman–Crippen MR) is 90.5 cm³/mol. The number of hydrogen-bond acceptors (Lipinski definition) is 2. The zero-order valence-corrected chi connectivity index (χ0v) is 12.5. The molecular weight excluding hydrogens is 256 g/mol. The van der Waals surface area contributed by atoms with Crippen molar-refractivity contribution >= 4 is 5.71 Å². The molecule has 2 nitrogen and oxygen atoms in total. The summed E-state index contributed by atoms with van der Waals surface area (Å²) in [5.74, 6) is 0. The van der Waals surface area contributed by atoms with Crippen LogP contribution < -0.4 is 5.73 Å². The molecule has 0 aromatic heterocycles. The van der Waals surface area contributed by atoms with Crippen LogP contribution in [-0.2, 0) is 6.42 Å². The third kappa shape index (κ3) is 3.82. The van der Waals surface area contributed by atoms with Crippen LogP contribution in [0.2, 0.25) is 0 Å². The Labute approximate surface area is 126 Å². The number of hydrogen-bond donors (Lipinski definition) is 2. The first-order valence-corrected chi connectivity index (χ1v) is 7.23. The van der Waals surface area contributed by atoms with Gasteiger partial charge in [0.15, 0.2) is 0 Å². The fourth-order valence-corrected chi connectivity index (χ4v) is 2.47. The van der Waals surface area contributed by atoms with Gasteiger partial charge >= 0.3 is 0 Å². The standard InChI is InChI=1S/C19H22N2/c1-3-18(14(2)20)19(21)17-11-9-16(10-12-17)13-15-7-5-4-6-8-15/h3-5,7,9-12,21H,1,6,8,13,20H2,2H3/b18-14-,21-19?. The summed E-state index contributed by atoms with van der Waals surface area (Å²) in [4.78, 5) is 0. The van der Waals surface area contributed by atoms with Crippen LogP contribution in [0, 0.1) is 5.41 Å². The molecule has 0 fully saturated rings. The number of benzene rings is 1. The van der Waals surface area contributed by atoms with Crippen LogP contribution in [0.15, 0.2) is 72.0 Å². The summed E-state index contributed by atoms with van der Waals surface area (Å²) in [7, 11) is 0. The highest BCUT2D eigenvalue weighted by atomic mass is 14.6. The van der Waals surface area contributed by atoms with Crippen molar-refractivity contribution in [2.75, 3.05) is 0 Å². The van der Waals surface area contributed by atoms with E-state index in [1.807, 2.05) is 12.1 Å². The van der Waals surface area contributed by atoms with Crippen molar-refractivity contribution < 1.29 is 0 Å². The van der Waals surface area contributed by atoms with Gasteiger partial charge in [0.25, 0.3) is 0 Å². The second-order valence-corrected chi connectivity index (χ2v) is 5.34. The molecule has 0 aliphatic heterocycles. The average Bonchev–Trinajstić information content (AvgIpc) is 2.49. The molecule has 108 valence electrons. The van der Waals surface area contributed by atoms with E-state index in [2.05, 4.69) is 36.9 Å². The summed E-state index contributed by atoms with van der Waals surface area (Å²) in [6.45, 7) is 5.53. The topological polar surface area (TPSA) is 49.9 Å². The van der Waals surface area contributed by atoms with Gasteiger partial charge in [-0.25, -0.2) is 0 Å². The first-order valence-electron chi connectivity index (χ1n) is 7.23. The normalized spacial score (nSPS) is 15.2. The SMILES string of the molecule is C=C/C(C(=N)c1ccc(CC2=CC=CCC2)cc1)=C(\C)N. The Balaban J connectivity index is 2.13. The van der Waals surface area contributed by atoms with E-state index in [4.69, 9.17) is 11.1 Å². The van der Waals surface area contributed by atoms with E-state index >= 15 is 0 Å².